The Morgan fingerprint density at radius 3 is 1.75 bits per heavy atom. The fourth-order valence-electron chi connectivity index (χ4n) is 2.89. The van der Waals surface area contributed by atoms with Gasteiger partial charge in [-0.15, -0.1) is 0 Å². The van der Waals surface area contributed by atoms with Gasteiger partial charge in [0.1, 0.15) is 5.75 Å². The van der Waals surface area contributed by atoms with Gasteiger partial charge in [0.25, 0.3) is 20.0 Å². The second-order valence-electron chi connectivity index (χ2n) is 6.52. The summed E-state index contributed by atoms with van der Waals surface area (Å²) in [5.74, 6) is -0.483. The second-order valence-corrected chi connectivity index (χ2v) is 10.7. The Labute approximate surface area is 191 Å². The van der Waals surface area contributed by atoms with E-state index < -0.39 is 31.6 Å². The molecule has 0 fully saturated rings. The number of anilines is 2. The lowest BCUT2D eigenvalue weighted by Gasteiger charge is -2.27. The topological polar surface area (TPSA) is 110 Å². The SMILES string of the molecule is COc1cc(Cl)c(NC(C)=O)c(N(S(=O)(=O)c2ccccc2)S(=O)(=O)c2ccccc2)c1. The summed E-state index contributed by atoms with van der Waals surface area (Å²) in [5.41, 5.74) is -0.587. The largest absolute Gasteiger partial charge is 0.497 e. The number of rotatable bonds is 7. The van der Waals surface area contributed by atoms with Crippen molar-refractivity contribution >= 4 is 48.9 Å². The lowest BCUT2D eigenvalue weighted by atomic mass is 10.2. The molecular formula is C21H19ClN2O6S2. The van der Waals surface area contributed by atoms with Gasteiger partial charge in [-0.2, -0.15) is 3.71 Å². The van der Waals surface area contributed by atoms with Crippen LogP contribution in [0.2, 0.25) is 5.02 Å². The third kappa shape index (κ3) is 4.57. The van der Waals surface area contributed by atoms with Crippen LogP contribution in [0.4, 0.5) is 11.4 Å². The summed E-state index contributed by atoms with van der Waals surface area (Å²) < 4.78 is 60.0. The molecule has 0 unspecified atom stereocenters. The molecule has 0 aliphatic heterocycles. The second kappa shape index (κ2) is 9.19. The van der Waals surface area contributed by atoms with Gasteiger partial charge in [-0.25, -0.2) is 16.8 Å². The third-order valence-electron chi connectivity index (χ3n) is 4.30. The van der Waals surface area contributed by atoms with Gasteiger partial charge in [0.05, 0.1) is 33.3 Å². The maximum atomic E-state index is 13.7. The molecule has 3 aromatic rings. The van der Waals surface area contributed by atoms with E-state index in [1.807, 2.05) is 0 Å². The van der Waals surface area contributed by atoms with Crippen molar-refractivity contribution < 1.29 is 26.4 Å². The number of benzene rings is 3. The van der Waals surface area contributed by atoms with Gasteiger partial charge in [0.15, 0.2) is 0 Å². The zero-order valence-electron chi connectivity index (χ0n) is 17.0. The summed E-state index contributed by atoms with van der Waals surface area (Å²) in [6.07, 6.45) is 0. The molecule has 0 spiro atoms. The van der Waals surface area contributed by atoms with E-state index in [0.717, 1.165) is 0 Å². The third-order valence-corrected chi connectivity index (χ3v) is 8.77. The number of carbonyl (C=O) groups excluding carboxylic acids is 1. The number of sulfonamides is 2. The average Bonchev–Trinajstić information content (AvgIpc) is 2.76. The molecule has 0 saturated carbocycles. The van der Waals surface area contributed by atoms with Crippen molar-refractivity contribution in [3.8, 4) is 5.75 Å². The first-order valence-electron chi connectivity index (χ1n) is 9.15. The van der Waals surface area contributed by atoms with Crippen molar-refractivity contribution in [2.45, 2.75) is 16.7 Å². The fraction of sp³-hybridized carbons (Fsp3) is 0.0952. The van der Waals surface area contributed by atoms with Gasteiger partial charge >= 0.3 is 0 Å². The lowest BCUT2D eigenvalue weighted by molar-refractivity contribution is -0.114. The van der Waals surface area contributed by atoms with Crippen molar-refractivity contribution in [1.29, 1.82) is 0 Å². The normalized spacial score (nSPS) is 11.6. The van der Waals surface area contributed by atoms with Crippen LogP contribution in [0.1, 0.15) is 6.92 Å². The van der Waals surface area contributed by atoms with Crippen LogP contribution in [0, 0.1) is 0 Å². The number of halogens is 1. The predicted molar refractivity (Wildman–Crippen MR) is 122 cm³/mol. The number of hydrogen-bond donors (Lipinski definition) is 1. The molecule has 0 aliphatic carbocycles. The highest BCUT2D eigenvalue weighted by Crippen LogP contribution is 2.42. The number of amides is 1. The summed E-state index contributed by atoms with van der Waals surface area (Å²) >= 11 is 6.28. The van der Waals surface area contributed by atoms with Crippen LogP contribution in [0.3, 0.4) is 0 Å². The first kappa shape index (κ1) is 23.6. The van der Waals surface area contributed by atoms with Crippen molar-refractivity contribution in [2.24, 2.45) is 0 Å². The Bertz CT molecular complexity index is 1280. The molecule has 32 heavy (non-hydrogen) atoms. The summed E-state index contributed by atoms with van der Waals surface area (Å²) in [4.78, 5) is 11.3. The smallest absolute Gasteiger partial charge is 0.277 e. The van der Waals surface area contributed by atoms with E-state index in [0.29, 0.717) is 0 Å². The quantitative estimate of drug-likeness (QED) is 0.533. The van der Waals surface area contributed by atoms with E-state index >= 15 is 0 Å². The molecule has 1 amide bonds. The molecule has 0 heterocycles. The highest BCUT2D eigenvalue weighted by atomic mass is 35.5. The monoisotopic (exact) mass is 494 g/mol. The minimum atomic E-state index is -4.68. The first-order valence-corrected chi connectivity index (χ1v) is 12.4. The van der Waals surface area contributed by atoms with E-state index in [-0.39, 0.29) is 30.0 Å². The Kier molecular flexibility index (Phi) is 6.77. The molecule has 3 aromatic carbocycles. The van der Waals surface area contributed by atoms with Crippen LogP contribution in [0.25, 0.3) is 0 Å². The zero-order chi connectivity index (χ0) is 23.5. The number of methoxy groups -OCH3 is 1. The highest BCUT2D eigenvalue weighted by Gasteiger charge is 2.39. The zero-order valence-corrected chi connectivity index (χ0v) is 19.4. The molecular weight excluding hydrogens is 476 g/mol. The summed E-state index contributed by atoms with van der Waals surface area (Å²) in [7, 11) is -8.05. The Morgan fingerprint density at radius 2 is 1.34 bits per heavy atom. The van der Waals surface area contributed by atoms with Crippen LogP contribution >= 0.6 is 11.6 Å². The van der Waals surface area contributed by atoms with Crippen molar-refractivity contribution in [1.82, 2.24) is 0 Å². The van der Waals surface area contributed by atoms with Crippen LogP contribution in [0.15, 0.2) is 82.6 Å². The van der Waals surface area contributed by atoms with E-state index in [1.165, 1.54) is 74.7 Å². The molecule has 0 saturated heterocycles. The van der Waals surface area contributed by atoms with Crippen molar-refractivity contribution in [3.05, 3.63) is 77.8 Å². The average molecular weight is 495 g/mol. The number of nitrogens with one attached hydrogen (secondary N) is 1. The van der Waals surface area contributed by atoms with Crippen molar-refractivity contribution in [2.75, 3.05) is 16.1 Å². The molecule has 0 radical (unpaired) electrons. The standard InChI is InChI=1S/C21H19ClN2O6S2/c1-15(25)23-21-19(22)13-16(30-2)14-20(21)24(31(26,27)17-9-5-3-6-10-17)32(28,29)18-11-7-4-8-12-18/h3-14H,1-2H3,(H,23,25). The molecule has 0 bridgehead atoms. The Morgan fingerprint density at radius 1 is 0.875 bits per heavy atom. The van der Waals surface area contributed by atoms with E-state index in [9.17, 15) is 21.6 Å². The molecule has 0 aliphatic rings. The van der Waals surface area contributed by atoms with Crippen LogP contribution < -0.4 is 13.8 Å². The van der Waals surface area contributed by atoms with Gasteiger partial charge < -0.3 is 10.1 Å². The fourth-order valence-corrected chi connectivity index (χ4v) is 6.89. The van der Waals surface area contributed by atoms with Gasteiger partial charge in [0, 0.05) is 19.1 Å². The Hall–Kier alpha value is -3.08. The number of nitrogens with zero attached hydrogens (tertiary/aromatic N) is 1. The molecule has 1 N–H and O–H groups in total. The summed E-state index contributed by atoms with van der Waals surface area (Å²) in [5, 5.41) is 2.32. The molecule has 8 nitrogen and oxygen atoms in total. The maximum absolute atomic E-state index is 13.7. The molecule has 3 rings (SSSR count). The highest BCUT2D eigenvalue weighted by molar-refractivity contribution is 8.10. The molecule has 11 heteroatoms. The number of carbonyl (C=O) groups is 1. The van der Waals surface area contributed by atoms with E-state index in [4.69, 9.17) is 16.3 Å². The lowest BCUT2D eigenvalue weighted by Crippen LogP contribution is -2.37. The van der Waals surface area contributed by atoms with Gasteiger partial charge in [-0.05, 0) is 24.3 Å². The van der Waals surface area contributed by atoms with Crippen LogP contribution in [-0.2, 0) is 24.8 Å². The Balaban J connectivity index is 2.42. The number of hydrogen-bond acceptors (Lipinski definition) is 6. The minimum absolute atomic E-state index is 0.0932. The van der Waals surface area contributed by atoms with Crippen molar-refractivity contribution in [3.63, 3.8) is 0 Å². The van der Waals surface area contributed by atoms with Crippen LogP contribution in [-0.4, -0.2) is 29.9 Å². The summed E-state index contributed by atoms with van der Waals surface area (Å²) in [6.45, 7) is 1.19. The maximum Gasteiger partial charge on any atom is 0.277 e. The predicted octanol–water partition coefficient (Wildman–Crippen LogP) is 3.89. The van der Waals surface area contributed by atoms with Crippen LogP contribution in [0.5, 0.6) is 5.75 Å². The van der Waals surface area contributed by atoms with Gasteiger partial charge in [-0.1, -0.05) is 48.0 Å². The molecule has 0 atom stereocenters. The first-order chi connectivity index (χ1) is 15.1. The van der Waals surface area contributed by atoms with E-state index in [2.05, 4.69) is 5.32 Å². The van der Waals surface area contributed by atoms with Gasteiger partial charge in [0.2, 0.25) is 5.91 Å². The molecule has 0 aromatic heterocycles. The minimum Gasteiger partial charge on any atom is -0.497 e. The van der Waals surface area contributed by atoms with Gasteiger partial charge in [-0.3, -0.25) is 4.79 Å². The number of ether oxygens (including phenoxy) is 1. The summed E-state index contributed by atoms with van der Waals surface area (Å²) in [6, 6.07) is 16.6. The molecule has 168 valence electrons. The van der Waals surface area contributed by atoms with E-state index in [1.54, 1.807) is 12.1 Å².